The Kier molecular flexibility index (Phi) is 3.18. The fraction of sp³-hybridized carbons (Fsp3) is 0.111. The first-order valence-corrected chi connectivity index (χ1v) is 6.81. The molecule has 0 radical (unpaired) electrons. The molecular weight excluding hydrogens is 262 g/mol. The van der Waals surface area contributed by atoms with Crippen LogP contribution in [-0.2, 0) is 9.59 Å². The summed E-state index contributed by atoms with van der Waals surface area (Å²) in [5.41, 5.74) is 4.61. The number of carbonyl (C=O) groups is 2. The lowest BCUT2D eigenvalue weighted by Gasteiger charge is -2.10. The highest BCUT2D eigenvalue weighted by molar-refractivity contribution is 6.49. The molecule has 3 heteroatoms. The van der Waals surface area contributed by atoms with E-state index in [0.29, 0.717) is 11.1 Å². The van der Waals surface area contributed by atoms with Crippen molar-refractivity contribution < 1.29 is 9.59 Å². The van der Waals surface area contributed by atoms with Gasteiger partial charge in [0.15, 0.2) is 0 Å². The molecule has 1 aliphatic heterocycles. The second kappa shape index (κ2) is 5.02. The van der Waals surface area contributed by atoms with Gasteiger partial charge >= 0.3 is 0 Å². The SMILES string of the molecule is Cc1cccc(C2=C(c3ccccc3)C(=O)NC2=O)c1C. The van der Waals surface area contributed by atoms with Gasteiger partial charge in [-0.1, -0.05) is 48.5 Å². The zero-order chi connectivity index (χ0) is 15.0. The van der Waals surface area contributed by atoms with Gasteiger partial charge in [-0.05, 0) is 36.1 Å². The smallest absolute Gasteiger partial charge is 0.259 e. The fourth-order valence-electron chi connectivity index (χ4n) is 2.61. The first-order valence-electron chi connectivity index (χ1n) is 6.81. The van der Waals surface area contributed by atoms with Crippen molar-refractivity contribution in [3.63, 3.8) is 0 Å². The van der Waals surface area contributed by atoms with Gasteiger partial charge in [-0.25, -0.2) is 0 Å². The van der Waals surface area contributed by atoms with Crippen LogP contribution in [0.25, 0.3) is 11.1 Å². The van der Waals surface area contributed by atoms with Gasteiger partial charge in [-0.2, -0.15) is 0 Å². The minimum Gasteiger partial charge on any atom is -0.288 e. The Hall–Kier alpha value is -2.68. The summed E-state index contributed by atoms with van der Waals surface area (Å²) in [5, 5.41) is 2.41. The Balaban J connectivity index is 2.30. The molecule has 0 aliphatic carbocycles. The third-order valence-electron chi connectivity index (χ3n) is 3.87. The van der Waals surface area contributed by atoms with Crippen LogP contribution in [0.15, 0.2) is 48.5 Å². The van der Waals surface area contributed by atoms with E-state index in [9.17, 15) is 9.59 Å². The molecule has 0 bridgehead atoms. The maximum absolute atomic E-state index is 12.2. The average Bonchev–Trinajstić information content (AvgIpc) is 2.77. The zero-order valence-corrected chi connectivity index (χ0v) is 11.9. The maximum atomic E-state index is 12.2. The highest BCUT2D eigenvalue weighted by Gasteiger charge is 2.32. The standard InChI is InChI=1S/C18H15NO2/c1-11-7-6-10-14(12(11)2)16-15(17(20)19-18(16)21)13-8-4-3-5-9-13/h3-10H,1-2H3,(H,19,20,21). The van der Waals surface area contributed by atoms with Crippen molar-refractivity contribution in [2.24, 2.45) is 0 Å². The molecule has 2 amide bonds. The van der Waals surface area contributed by atoms with E-state index in [-0.39, 0.29) is 11.8 Å². The molecule has 0 atom stereocenters. The molecule has 0 aromatic heterocycles. The molecule has 3 nitrogen and oxygen atoms in total. The first kappa shape index (κ1) is 13.3. The number of nitrogens with one attached hydrogen (secondary N) is 1. The summed E-state index contributed by atoms with van der Waals surface area (Å²) >= 11 is 0. The summed E-state index contributed by atoms with van der Waals surface area (Å²) in [6.07, 6.45) is 0. The minimum absolute atomic E-state index is 0.326. The van der Waals surface area contributed by atoms with Gasteiger partial charge < -0.3 is 0 Å². The van der Waals surface area contributed by atoms with Gasteiger partial charge in [-0.15, -0.1) is 0 Å². The van der Waals surface area contributed by atoms with Crippen LogP contribution in [0.3, 0.4) is 0 Å². The maximum Gasteiger partial charge on any atom is 0.259 e. The first-order chi connectivity index (χ1) is 10.1. The minimum atomic E-state index is -0.331. The zero-order valence-electron chi connectivity index (χ0n) is 11.9. The topological polar surface area (TPSA) is 46.2 Å². The van der Waals surface area contributed by atoms with Crippen LogP contribution in [0.1, 0.15) is 22.3 Å². The number of amides is 2. The summed E-state index contributed by atoms with van der Waals surface area (Å²) in [6.45, 7) is 3.96. The van der Waals surface area contributed by atoms with E-state index in [2.05, 4.69) is 5.32 Å². The normalized spacial score (nSPS) is 14.6. The predicted molar refractivity (Wildman–Crippen MR) is 82.3 cm³/mol. The van der Waals surface area contributed by atoms with Crippen LogP contribution in [0, 0.1) is 13.8 Å². The summed E-state index contributed by atoms with van der Waals surface area (Å²) in [4.78, 5) is 24.4. The molecule has 2 aromatic carbocycles. The third-order valence-corrected chi connectivity index (χ3v) is 3.87. The molecule has 0 saturated heterocycles. The predicted octanol–water partition coefficient (Wildman–Crippen LogP) is 2.87. The van der Waals surface area contributed by atoms with Crippen LogP contribution in [0.2, 0.25) is 0 Å². The lowest BCUT2D eigenvalue weighted by atomic mass is 9.92. The fourth-order valence-corrected chi connectivity index (χ4v) is 2.61. The molecule has 21 heavy (non-hydrogen) atoms. The van der Waals surface area contributed by atoms with E-state index >= 15 is 0 Å². The number of carbonyl (C=O) groups excluding carboxylic acids is 2. The molecule has 1 N–H and O–H groups in total. The summed E-state index contributed by atoms with van der Waals surface area (Å²) < 4.78 is 0. The van der Waals surface area contributed by atoms with Gasteiger partial charge in [0.25, 0.3) is 11.8 Å². The van der Waals surface area contributed by atoms with Crippen LogP contribution < -0.4 is 5.32 Å². The summed E-state index contributed by atoms with van der Waals surface area (Å²) in [7, 11) is 0. The second-order valence-corrected chi connectivity index (χ2v) is 5.15. The highest BCUT2D eigenvalue weighted by atomic mass is 16.2. The Morgan fingerprint density at radius 1 is 0.762 bits per heavy atom. The van der Waals surface area contributed by atoms with Gasteiger partial charge in [0.1, 0.15) is 0 Å². The Morgan fingerprint density at radius 3 is 2.14 bits per heavy atom. The molecule has 1 aliphatic rings. The molecule has 1 heterocycles. The number of hydrogen-bond donors (Lipinski definition) is 1. The van der Waals surface area contributed by atoms with Crippen LogP contribution in [-0.4, -0.2) is 11.8 Å². The quantitative estimate of drug-likeness (QED) is 0.858. The summed E-state index contributed by atoms with van der Waals surface area (Å²) in [6, 6.07) is 15.1. The lowest BCUT2D eigenvalue weighted by molar-refractivity contribution is -0.122. The number of imide groups is 1. The van der Waals surface area contributed by atoms with Crippen LogP contribution in [0.4, 0.5) is 0 Å². The van der Waals surface area contributed by atoms with E-state index < -0.39 is 0 Å². The Bertz CT molecular complexity index is 773. The second-order valence-electron chi connectivity index (χ2n) is 5.15. The largest absolute Gasteiger partial charge is 0.288 e. The van der Waals surface area contributed by atoms with E-state index in [0.717, 1.165) is 22.3 Å². The van der Waals surface area contributed by atoms with E-state index in [4.69, 9.17) is 0 Å². The van der Waals surface area contributed by atoms with Crippen LogP contribution in [0.5, 0.6) is 0 Å². The average molecular weight is 277 g/mol. The number of benzene rings is 2. The van der Waals surface area contributed by atoms with E-state index in [1.54, 1.807) is 0 Å². The molecule has 2 aromatic rings. The van der Waals surface area contributed by atoms with Gasteiger partial charge in [0, 0.05) is 0 Å². The lowest BCUT2D eigenvalue weighted by Crippen LogP contribution is -2.22. The van der Waals surface area contributed by atoms with Crippen molar-refractivity contribution in [3.05, 3.63) is 70.8 Å². The number of rotatable bonds is 2. The van der Waals surface area contributed by atoms with Crippen LogP contribution >= 0.6 is 0 Å². The molecule has 0 unspecified atom stereocenters. The third kappa shape index (κ3) is 2.17. The van der Waals surface area contributed by atoms with Gasteiger partial charge in [-0.3, -0.25) is 14.9 Å². The summed E-state index contributed by atoms with van der Waals surface area (Å²) in [5.74, 6) is -0.658. The monoisotopic (exact) mass is 277 g/mol. The molecule has 0 spiro atoms. The van der Waals surface area contributed by atoms with Gasteiger partial charge in [0.2, 0.25) is 0 Å². The van der Waals surface area contributed by atoms with Crippen molar-refractivity contribution in [1.82, 2.24) is 5.32 Å². The van der Waals surface area contributed by atoms with E-state index in [1.165, 1.54) is 0 Å². The Labute approximate surface area is 123 Å². The molecule has 3 rings (SSSR count). The van der Waals surface area contributed by atoms with Gasteiger partial charge in [0.05, 0.1) is 11.1 Å². The molecule has 0 fully saturated rings. The number of aryl methyl sites for hydroxylation is 1. The Morgan fingerprint density at radius 2 is 1.43 bits per heavy atom. The molecule has 104 valence electrons. The highest BCUT2D eigenvalue weighted by Crippen LogP contribution is 2.33. The van der Waals surface area contributed by atoms with Crippen molar-refractivity contribution in [2.75, 3.05) is 0 Å². The molecular formula is C18H15NO2. The van der Waals surface area contributed by atoms with Crippen molar-refractivity contribution in [3.8, 4) is 0 Å². The van der Waals surface area contributed by atoms with Crippen molar-refractivity contribution in [2.45, 2.75) is 13.8 Å². The molecule has 0 saturated carbocycles. The van der Waals surface area contributed by atoms with Crippen molar-refractivity contribution >= 4 is 23.0 Å². The van der Waals surface area contributed by atoms with Crippen molar-refractivity contribution in [1.29, 1.82) is 0 Å². The number of hydrogen-bond acceptors (Lipinski definition) is 2. The van der Waals surface area contributed by atoms with E-state index in [1.807, 2.05) is 62.4 Å².